The quantitative estimate of drug-likeness (QED) is 0.722. The van der Waals surface area contributed by atoms with E-state index >= 15 is 0 Å². The van der Waals surface area contributed by atoms with E-state index in [9.17, 15) is 13.2 Å². The average Bonchev–Trinajstić information content (AvgIpc) is 2.40. The normalized spacial score (nSPS) is 14.2. The van der Waals surface area contributed by atoms with Crippen LogP contribution in [0.15, 0.2) is 18.2 Å². The maximum Gasteiger partial charge on any atom is 0.387 e. The number of nitrogens with one attached hydrogen (secondary N) is 1. The number of alkyl halides is 2. The molecule has 1 N–H and O–H groups in total. The number of hydrogen-bond acceptors (Lipinski definition) is 2. The molecule has 0 amide bonds. The maximum absolute atomic E-state index is 13.6. The number of anilines is 1. The number of halogens is 3. The molecule has 5 heteroatoms. The summed E-state index contributed by atoms with van der Waals surface area (Å²) in [5.74, 6) is -0.632. The molecule has 20 heavy (non-hydrogen) atoms. The Morgan fingerprint density at radius 2 is 1.90 bits per heavy atom. The predicted octanol–water partition coefficient (Wildman–Crippen LogP) is 5.05. The second-order valence-electron chi connectivity index (χ2n) is 5.02. The average molecular weight is 289 g/mol. The van der Waals surface area contributed by atoms with Gasteiger partial charge < -0.3 is 10.1 Å². The zero-order valence-electron chi connectivity index (χ0n) is 12.1. The molecule has 1 rings (SSSR count). The van der Waals surface area contributed by atoms with E-state index < -0.39 is 18.2 Å². The predicted molar refractivity (Wildman–Crippen MR) is 74.8 cm³/mol. The minimum atomic E-state index is -3.02. The lowest BCUT2D eigenvalue weighted by atomic mass is 9.97. The van der Waals surface area contributed by atoms with Crippen LogP contribution >= 0.6 is 0 Å². The molecule has 2 atom stereocenters. The first-order chi connectivity index (χ1) is 9.46. The van der Waals surface area contributed by atoms with Crippen molar-refractivity contribution in [3.63, 3.8) is 0 Å². The Bertz CT molecular complexity index is 412. The first-order valence-electron chi connectivity index (χ1n) is 6.97. The molecule has 0 aliphatic rings. The van der Waals surface area contributed by atoms with Gasteiger partial charge in [0.2, 0.25) is 0 Å². The Morgan fingerprint density at radius 1 is 1.20 bits per heavy atom. The second-order valence-corrected chi connectivity index (χ2v) is 5.02. The summed E-state index contributed by atoms with van der Waals surface area (Å²) in [5.41, 5.74) is 0.583. The van der Waals surface area contributed by atoms with Crippen molar-refractivity contribution in [2.45, 2.75) is 52.7 Å². The number of ether oxygens (including phenoxy) is 1. The molecular formula is C15H22F3NO. The topological polar surface area (TPSA) is 21.3 Å². The molecule has 0 saturated carbocycles. The summed E-state index contributed by atoms with van der Waals surface area (Å²) in [6.07, 6.45) is 3.00. The molecule has 0 fully saturated rings. The van der Waals surface area contributed by atoms with Crippen LogP contribution in [0.4, 0.5) is 18.9 Å². The summed E-state index contributed by atoms with van der Waals surface area (Å²) in [5, 5.41) is 3.23. The van der Waals surface area contributed by atoms with E-state index in [0.717, 1.165) is 19.3 Å². The van der Waals surface area contributed by atoms with Crippen LogP contribution in [-0.2, 0) is 0 Å². The lowest BCUT2D eigenvalue weighted by Crippen LogP contribution is -2.21. The maximum atomic E-state index is 13.6. The minimum absolute atomic E-state index is 0.242. The Kier molecular flexibility index (Phi) is 6.68. The fourth-order valence-corrected chi connectivity index (χ4v) is 2.00. The lowest BCUT2D eigenvalue weighted by molar-refractivity contribution is -0.0521. The van der Waals surface area contributed by atoms with Gasteiger partial charge in [0.05, 0.1) is 0 Å². The zero-order valence-corrected chi connectivity index (χ0v) is 12.1. The fourth-order valence-electron chi connectivity index (χ4n) is 2.00. The van der Waals surface area contributed by atoms with Crippen LogP contribution in [-0.4, -0.2) is 12.7 Å². The third-order valence-electron chi connectivity index (χ3n) is 3.40. The van der Waals surface area contributed by atoms with Crippen LogP contribution in [0, 0.1) is 11.7 Å². The summed E-state index contributed by atoms with van der Waals surface area (Å²) < 4.78 is 41.8. The summed E-state index contributed by atoms with van der Waals surface area (Å²) in [7, 11) is 0. The van der Waals surface area contributed by atoms with E-state index in [1.54, 1.807) is 6.07 Å². The van der Waals surface area contributed by atoms with Crippen LogP contribution in [0.25, 0.3) is 0 Å². The minimum Gasteiger partial charge on any atom is -0.432 e. The fraction of sp³-hybridized carbons (Fsp3) is 0.600. The summed E-state index contributed by atoms with van der Waals surface area (Å²) in [6, 6.07) is 4.21. The number of benzene rings is 1. The van der Waals surface area contributed by atoms with E-state index in [0.29, 0.717) is 11.6 Å². The van der Waals surface area contributed by atoms with Crippen LogP contribution in [0.5, 0.6) is 5.75 Å². The highest BCUT2D eigenvalue weighted by atomic mass is 19.3. The van der Waals surface area contributed by atoms with Gasteiger partial charge in [0.15, 0.2) is 11.6 Å². The van der Waals surface area contributed by atoms with E-state index in [2.05, 4.69) is 30.8 Å². The third-order valence-corrected chi connectivity index (χ3v) is 3.40. The molecule has 0 aliphatic carbocycles. The van der Waals surface area contributed by atoms with Crippen molar-refractivity contribution < 1.29 is 17.9 Å². The molecule has 1 aromatic carbocycles. The molecule has 0 spiro atoms. The monoisotopic (exact) mass is 289 g/mol. The molecule has 0 radical (unpaired) electrons. The van der Waals surface area contributed by atoms with E-state index in [1.807, 2.05) is 0 Å². The molecule has 0 aromatic heterocycles. The lowest BCUT2D eigenvalue weighted by Gasteiger charge is -2.21. The molecule has 0 aliphatic heterocycles. The molecular weight excluding hydrogens is 267 g/mol. The summed E-state index contributed by atoms with van der Waals surface area (Å²) in [6.45, 7) is 3.35. The molecule has 0 saturated heterocycles. The van der Waals surface area contributed by atoms with Crippen LogP contribution in [0.2, 0.25) is 0 Å². The summed E-state index contributed by atoms with van der Waals surface area (Å²) >= 11 is 0. The number of rotatable bonds is 8. The van der Waals surface area contributed by atoms with Crippen molar-refractivity contribution in [2.75, 3.05) is 5.32 Å². The first kappa shape index (κ1) is 16.7. The Labute approximate surface area is 118 Å². The molecule has 0 bridgehead atoms. The first-order valence-corrected chi connectivity index (χ1v) is 6.97. The largest absolute Gasteiger partial charge is 0.432 e. The van der Waals surface area contributed by atoms with Gasteiger partial charge in [-0.1, -0.05) is 27.2 Å². The Morgan fingerprint density at radius 3 is 2.40 bits per heavy atom. The smallest absolute Gasteiger partial charge is 0.387 e. The van der Waals surface area contributed by atoms with E-state index in [1.165, 1.54) is 12.1 Å². The highest BCUT2D eigenvalue weighted by Gasteiger charge is 2.13. The Hall–Kier alpha value is -1.39. The zero-order chi connectivity index (χ0) is 15.1. The molecule has 114 valence electrons. The number of hydrogen-bond donors (Lipinski definition) is 1. The van der Waals surface area contributed by atoms with Gasteiger partial charge in [-0.3, -0.25) is 0 Å². The van der Waals surface area contributed by atoms with Gasteiger partial charge in [0.1, 0.15) is 0 Å². The van der Waals surface area contributed by atoms with Crippen molar-refractivity contribution in [3.8, 4) is 5.75 Å². The second kappa shape index (κ2) is 8.02. The van der Waals surface area contributed by atoms with Crippen molar-refractivity contribution in [1.29, 1.82) is 0 Å². The van der Waals surface area contributed by atoms with Crippen molar-refractivity contribution in [2.24, 2.45) is 5.92 Å². The van der Waals surface area contributed by atoms with E-state index in [-0.39, 0.29) is 6.04 Å². The SMILES string of the molecule is CCC(C)CC(CC)Nc1ccc(OC(F)F)c(F)c1. The van der Waals surface area contributed by atoms with Gasteiger partial charge in [0.25, 0.3) is 0 Å². The van der Waals surface area contributed by atoms with Gasteiger partial charge in [-0.25, -0.2) is 4.39 Å². The summed E-state index contributed by atoms with van der Waals surface area (Å²) in [4.78, 5) is 0. The molecule has 2 nitrogen and oxygen atoms in total. The molecule has 0 heterocycles. The van der Waals surface area contributed by atoms with Gasteiger partial charge in [-0.2, -0.15) is 8.78 Å². The van der Waals surface area contributed by atoms with Gasteiger partial charge in [-0.05, 0) is 30.9 Å². The third kappa shape index (κ3) is 5.31. The highest BCUT2D eigenvalue weighted by molar-refractivity contribution is 5.48. The van der Waals surface area contributed by atoms with Crippen LogP contribution in [0.1, 0.15) is 40.0 Å². The van der Waals surface area contributed by atoms with Gasteiger partial charge >= 0.3 is 6.61 Å². The van der Waals surface area contributed by atoms with E-state index in [4.69, 9.17) is 0 Å². The Balaban J connectivity index is 2.69. The van der Waals surface area contributed by atoms with Crippen LogP contribution < -0.4 is 10.1 Å². The molecule has 2 unspecified atom stereocenters. The van der Waals surface area contributed by atoms with Gasteiger partial charge in [0, 0.05) is 17.8 Å². The molecule has 1 aromatic rings. The standard InChI is InChI=1S/C15H22F3NO/c1-4-10(3)8-11(5-2)19-12-6-7-14(13(16)9-12)20-15(17)18/h6-7,9-11,15,19H,4-5,8H2,1-3H3. The van der Waals surface area contributed by atoms with Crippen LogP contribution in [0.3, 0.4) is 0 Å². The van der Waals surface area contributed by atoms with Crippen molar-refractivity contribution in [1.82, 2.24) is 0 Å². The highest BCUT2D eigenvalue weighted by Crippen LogP contribution is 2.24. The van der Waals surface area contributed by atoms with Gasteiger partial charge in [-0.15, -0.1) is 0 Å². The van der Waals surface area contributed by atoms with Crippen molar-refractivity contribution in [3.05, 3.63) is 24.0 Å². The van der Waals surface area contributed by atoms with Crippen molar-refractivity contribution >= 4 is 5.69 Å².